The smallest absolute Gasteiger partial charge is 0.326 e. The molecular formula is C17H21NO4. The first-order chi connectivity index (χ1) is 10.6. The maximum atomic E-state index is 12.8. The SMILES string of the molecule is COCc1cccc(C(=O)N2C[C@@H]3CCC[C@@H]3[C@H]2C(=O)O)c1. The van der Waals surface area contributed by atoms with Crippen LogP contribution in [0.2, 0.25) is 0 Å². The van der Waals surface area contributed by atoms with Crippen molar-refractivity contribution in [2.24, 2.45) is 11.8 Å². The molecule has 3 atom stereocenters. The summed E-state index contributed by atoms with van der Waals surface area (Å²) in [6.07, 6.45) is 3.02. The largest absolute Gasteiger partial charge is 0.480 e. The summed E-state index contributed by atoms with van der Waals surface area (Å²) in [7, 11) is 1.61. The van der Waals surface area contributed by atoms with Gasteiger partial charge in [0.25, 0.3) is 5.91 Å². The van der Waals surface area contributed by atoms with Gasteiger partial charge in [-0.1, -0.05) is 18.6 Å². The van der Waals surface area contributed by atoms with Crippen molar-refractivity contribution in [3.63, 3.8) is 0 Å². The number of benzene rings is 1. The highest BCUT2D eigenvalue weighted by Gasteiger charge is 2.49. The summed E-state index contributed by atoms with van der Waals surface area (Å²) in [4.78, 5) is 26.0. The molecule has 1 aromatic carbocycles. The van der Waals surface area contributed by atoms with Crippen molar-refractivity contribution in [2.75, 3.05) is 13.7 Å². The number of aliphatic carboxylic acids is 1. The molecule has 1 aliphatic carbocycles. The van der Waals surface area contributed by atoms with E-state index in [1.54, 1.807) is 24.1 Å². The summed E-state index contributed by atoms with van der Waals surface area (Å²) in [5.74, 6) is -0.605. The molecule has 22 heavy (non-hydrogen) atoms. The first-order valence-electron chi connectivity index (χ1n) is 7.73. The van der Waals surface area contributed by atoms with Gasteiger partial charge in [0.05, 0.1) is 6.61 Å². The van der Waals surface area contributed by atoms with Gasteiger partial charge in [0.2, 0.25) is 0 Å². The van der Waals surface area contributed by atoms with Crippen LogP contribution < -0.4 is 0 Å². The molecule has 1 heterocycles. The van der Waals surface area contributed by atoms with Crippen LogP contribution in [-0.4, -0.2) is 41.6 Å². The van der Waals surface area contributed by atoms with Crippen molar-refractivity contribution in [2.45, 2.75) is 31.9 Å². The third-order valence-electron chi connectivity index (χ3n) is 4.89. The van der Waals surface area contributed by atoms with Gasteiger partial charge in [-0.15, -0.1) is 0 Å². The maximum absolute atomic E-state index is 12.8. The Hall–Kier alpha value is -1.88. The van der Waals surface area contributed by atoms with E-state index >= 15 is 0 Å². The Bertz CT molecular complexity index is 586. The number of hydrogen-bond donors (Lipinski definition) is 1. The zero-order chi connectivity index (χ0) is 15.7. The standard InChI is InChI=1S/C17H21NO4/c1-22-10-11-4-2-5-12(8-11)16(19)18-9-13-6-3-7-14(13)15(18)17(20)21/h2,4-5,8,13-15H,3,6-7,9-10H2,1H3,(H,20,21)/t13-,14-,15-/m0/s1. The minimum atomic E-state index is -0.879. The Balaban J connectivity index is 1.84. The third kappa shape index (κ3) is 2.61. The van der Waals surface area contributed by atoms with Gasteiger partial charge < -0.3 is 14.7 Å². The molecule has 1 saturated heterocycles. The zero-order valence-corrected chi connectivity index (χ0v) is 12.7. The summed E-state index contributed by atoms with van der Waals surface area (Å²) in [6.45, 7) is 1.00. The molecular weight excluding hydrogens is 282 g/mol. The Kier molecular flexibility index (Phi) is 4.16. The van der Waals surface area contributed by atoms with Gasteiger partial charge in [-0.25, -0.2) is 4.79 Å². The second-order valence-corrected chi connectivity index (χ2v) is 6.23. The molecule has 1 saturated carbocycles. The van der Waals surface area contributed by atoms with Crippen molar-refractivity contribution in [1.29, 1.82) is 0 Å². The topological polar surface area (TPSA) is 66.8 Å². The van der Waals surface area contributed by atoms with Gasteiger partial charge in [-0.2, -0.15) is 0 Å². The Morgan fingerprint density at radius 2 is 2.18 bits per heavy atom. The van der Waals surface area contributed by atoms with E-state index < -0.39 is 12.0 Å². The lowest BCUT2D eigenvalue weighted by Crippen LogP contribution is -2.43. The van der Waals surface area contributed by atoms with Crippen LogP contribution in [-0.2, 0) is 16.1 Å². The fraction of sp³-hybridized carbons (Fsp3) is 0.529. The van der Waals surface area contributed by atoms with Gasteiger partial charge in [0.15, 0.2) is 0 Å². The number of amides is 1. The molecule has 1 amide bonds. The molecule has 0 bridgehead atoms. The number of nitrogens with zero attached hydrogens (tertiary/aromatic N) is 1. The van der Waals surface area contributed by atoms with Crippen LogP contribution in [0.3, 0.4) is 0 Å². The highest BCUT2D eigenvalue weighted by atomic mass is 16.5. The van der Waals surface area contributed by atoms with E-state index in [0.29, 0.717) is 24.6 Å². The number of carbonyl (C=O) groups excluding carboxylic acids is 1. The van der Waals surface area contributed by atoms with Crippen molar-refractivity contribution in [3.8, 4) is 0 Å². The van der Waals surface area contributed by atoms with E-state index in [-0.39, 0.29) is 11.8 Å². The lowest BCUT2D eigenvalue weighted by Gasteiger charge is -2.24. The lowest BCUT2D eigenvalue weighted by atomic mass is 9.94. The van der Waals surface area contributed by atoms with E-state index in [0.717, 1.165) is 24.8 Å². The molecule has 2 fully saturated rings. The molecule has 5 nitrogen and oxygen atoms in total. The number of carbonyl (C=O) groups is 2. The summed E-state index contributed by atoms with van der Waals surface area (Å²) in [6, 6.07) is 6.57. The Morgan fingerprint density at radius 1 is 1.36 bits per heavy atom. The van der Waals surface area contributed by atoms with Crippen LogP contribution in [0, 0.1) is 11.8 Å². The van der Waals surface area contributed by atoms with E-state index in [1.807, 2.05) is 12.1 Å². The van der Waals surface area contributed by atoms with Gasteiger partial charge >= 0.3 is 5.97 Å². The highest BCUT2D eigenvalue weighted by molar-refractivity contribution is 5.97. The maximum Gasteiger partial charge on any atom is 0.326 e. The van der Waals surface area contributed by atoms with Gasteiger partial charge in [0, 0.05) is 19.2 Å². The minimum Gasteiger partial charge on any atom is -0.480 e. The third-order valence-corrected chi connectivity index (χ3v) is 4.89. The van der Waals surface area contributed by atoms with Crippen LogP contribution in [0.25, 0.3) is 0 Å². The number of carboxylic acids is 1. The van der Waals surface area contributed by atoms with E-state index in [9.17, 15) is 14.7 Å². The van der Waals surface area contributed by atoms with Crippen LogP contribution in [0.4, 0.5) is 0 Å². The fourth-order valence-electron chi connectivity index (χ4n) is 3.96. The summed E-state index contributed by atoms with van der Waals surface area (Å²) in [5, 5.41) is 9.55. The first kappa shape index (κ1) is 15.0. The number of ether oxygens (including phenoxy) is 1. The van der Waals surface area contributed by atoms with Crippen LogP contribution in [0.5, 0.6) is 0 Å². The number of hydrogen-bond acceptors (Lipinski definition) is 3. The first-order valence-corrected chi connectivity index (χ1v) is 7.73. The molecule has 1 N–H and O–H groups in total. The molecule has 118 valence electrons. The van der Waals surface area contributed by atoms with Crippen LogP contribution in [0.15, 0.2) is 24.3 Å². The predicted molar refractivity (Wildman–Crippen MR) is 80.4 cm³/mol. The van der Waals surface area contributed by atoms with E-state index in [4.69, 9.17) is 4.74 Å². The summed E-state index contributed by atoms with van der Waals surface area (Å²) in [5.41, 5.74) is 1.46. The molecule has 2 aliphatic rings. The molecule has 0 spiro atoms. The van der Waals surface area contributed by atoms with Crippen molar-refractivity contribution < 1.29 is 19.4 Å². The number of methoxy groups -OCH3 is 1. The Morgan fingerprint density at radius 3 is 2.91 bits per heavy atom. The van der Waals surface area contributed by atoms with Crippen molar-refractivity contribution in [1.82, 2.24) is 4.90 Å². The Labute approximate surface area is 129 Å². The van der Waals surface area contributed by atoms with Crippen molar-refractivity contribution in [3.05, 3.63) is 35.4 Å². The quantitative estimate of drug-likeness (QED) is 0.925. The van der Waals surface area contributed by atoms with Gasteiger partial charge in [-0.05, 0) is 42.4 Å². The normalized spacial score (nSPS) is 27.0. The molecule has 0 radical (unpaired) electrons. The average Bonchev–Trinajstić information content (AvgIpc) is 3.07. The fourth-order valence-corrected chi connectivity index (χ4v) is 3.96. The second-order valence-electron chi connectivity index (χ2n) is 6.23. The molecule has 3 rings (SSSR count). The lowest BCUT2D eigenvalue weighted by molar-refractivity contribution is -0.142. The number of rotatable bonds is 4. The number of fused-ring (bicyclic) bond motifs is 1. The molecule has 1 aliphatic heterocycles. The van der Waals surface area contributed by atoms with Crippen LogP contribution in [0.1, 0.15) is 35.2 Å². The zero-order valence-electron chi connectivity index (χ0n) is 12.7. The number of carboxylic acid groups (broad SMARTS) is 1. The van der Waals surface area contributed by atoms with E-state index in [2.05, 4.69) is 0 Å². The molecule has 1 aromatic rings. The van der Waals surface area contributed by atoms with Crippen molar-refractivity contribution >= 4 is 11.9 Å². The molecule has 0 aromatic heterocycles. The summed E-state index contributed by atoms with van der Waals surface area (Å²) < 4.78 is 5.09. The summed E-state index contributed by atoms with van der Waals surface area (Å²) >= 11 is 0. The molecule has 5 heteroatoms. The monoisotopic (exact) mass is 303 g/mol. The van der Waals surface area contributed by atoms with Crippen LogP contribution >= 0.6 is 0 Å². The average molecular weight is 303 g/mol. The van der Waals surface area contributed by atoms with Gasteiger partial charge in [-0.3, -0.25) is 4.79 Å². The minimum absolute atomic E-state index is 0.114. The highest BCUT2D eigenvalue weighted by Crippen LogP contribution is 2.42. The number of likely N-dealkylation sites (tertiary alicyclic amines) is 1. The molecule has 0 unspecified atom stereocenters. The predicted octanol–water partition coefficient (Wildman–Crippen LogP) is 2.16. The van der Waals surface area contributed by atoms with Gasteiger partial charge in [0.1, 0.15) is 6.04 Å². The second kappa shape index (κ2) is 6.08. The van der Waals surface area contributed by atoms with E-state index in [1.165, 1.54) is 0 Å².